The number of amides is 1. The number of carbonyl (C=O) groups excluding carboxylic acids is 1. The van der Waals surface area contributed by atoms with Gasteiger partial charge in [-0.2, -0.15) is 0 Å². The molecule has 0 aromatic heterocycles. The van der Waals surface area contributed by atoms with Crippen molar-refractivity contribution in [3.63, 3.8) is 0 Å². The van der Waals surface area contributed by atoms with Crippen LogP contribution in [0.25, 0.3) is 0 Å². The van der Waals surface area contributed by atoms with Gasteiger partial charge in [-0.05, 0) is 24.0 Å². The van der Waals surface area contributed by atoms with E-state index in [0.717, 1.165) is 25.1 Å². The molecule has 7 N–H and O–H groups in total. The second kappa shape index (κ2) is 38.2. The van der Waals surface area contributed by atoms with Gasteiger partial charge in [-0.25, -0.2) is 0 Å². The standard InChI is InChI=1S/C13H20N2O.C10H12ClNO.C2H7NO.I3.I2/c1-12(11-14-9-10-16)15-8-7-13-5-3-2-4-6-13;11-8-10(13)12-7-6-9-4-2-1-3-5-9;3-1-2-4;1-3-2;1-2/h2-6,14-16H,1,7-11H2;1-5H,6-8H2,(H,12,13);4H,1-3H2;;/q;;;-1;. The topological polar surface area (TPSA) is 120 Å². The molecule has 2 rings (SSSR count). The molecule has 0 atom stereocenters. The van der Waals surface area contributed by atoms with E-state index in [-0.39, 0.29) is 25.0 Å². The first kappa shape index (κ1) is 43.7. The quantitative estimate of drug-likeness (QED) is 0.104. The second-order valence-corrected chi connectivity index (χ2v) is 23.5. The molecular weight excluding hydrogens is 1070 g/mol. The number of aliphatic hydroxyl groups excluding tert-OH is 2. The van der Waals surface area contributed by atoms with Gasteiger partial charge in [0.25, 0.3) is 0 Å². The molecule has 0 fully saturated rings. The molecule has 0 bridgehead atoms. The van der Waals surface area contributed by atoms with Crippen molar-refractivity contribution in [2.24, 2.45) is 5.73 Å². The van der Waals surface area contributed by atoms with E-state index in [4.69, 9.17) is 27.5 Å². The Kier molecular flexibility index (Phi) is 43.9. The van der Waals surface area contributed by atoms with Crippen LogP contribution in [0, 0.1) is 0 Å². The van der Waals surface area contributed by atoms with E-state index in [1.807, 2.05) is 48.5 Å². The van der Waals surface area contributed by atoms with E-state index in [0.29, 0.717) is 39.4 Å². The molecule has 2 aromatic rings. The number of aliphatic hydroxyl groups is 2. The van der Waals surface area contributed by atoms with Crippen molar-refractivity contribution in [1.29, 1.82) is 0 Å². The maximum Gasteiger partial charge on any atom is 0.234 e. The summed E-state index contributed by atoms with van der Waals surface area (Å²) in [6.07, 6.45) is 1.85. The predicted octanol–water partition coefficient (Wildman–Crippen LogP) is 1.98. The van der Waals surface area contributed by atoms with Gasteiger partial charge < -0.3 is 31.9 Å². The molecular formula is C25H39ClI5N4O3-. The van der Waals surface area contributed by atoms with Crippen molar-refractivity contribution in [3.05, 3.63) is 84.1 Å². The molecule has 13 heteroatoms. The number of halogens is 6. The number of nitrogens with one attached hydrogen (secondary N) is 3. The van der Waals surface area contributed by atoms with E-state index in [9.17, 15) is 4.79 Å². The molecule has 38 heavy (non-hydrogen) atoms. The van der Waals surface area contributed by atoms with Gasteiger partial charge in [0.2, 0.25) is 5.91 Å². The van der Waals surface area contributed by atoms with Gasteiger partial charge in [0.05, 0.1) is 13.2 Å². The van der Waals surface area contributed by atoms with Gasteiger partial charge in [-0.15, -0.1) is 11.6 Å². The van der Waals surface area contributed by atoms with Crippen LogP contribution in [0.2, 0.25) is 0 Å². The van der Waals surface area contributed by atoms with E-state index < -0.39 is 0 Å². The average Bonchev–Trinajstić information content (AvgIpc) is 2.96. The smallest absolute Gasteiger partial charge is 0.234 e. The molecule has 220 valence electrons. The van der Waals surface area contributed by atoms with E-state index >= 15 is 0 Å². The molecule has 0 aliphatic carbocycles. The first-order valence-corrected chi connectivity index (χ1v) is 30.8. The van der Waals surface area contributed by atoms with E-state index in [2.05, 4.69) is 109 Å². The second-order valence-electron chi connectivity index (χ2n) is 6.95. The third kappa shape index (κ3) is 35.3. The predicted molar refractivity (Wildman–Crippen MR) is 193 cm³/mol. The molecule has 0 saturated carbocycles. The summed E-state index contributed by atoms with van der Waals surface area (Å²) >= 11 is 14.9. The van der Waals surface area contributed by atoms with Crippen LogP contribution < -0.4 is 34.9 Å². The zero-order valence-electron chi connectivity index (χ0n) is 21.2. The fourth-order valence-electron chi connectivity index (χ4n) is 2.45. The van der Waals surface area contributed by atoms with E-state index in [1.54, 1.807) is 0 Å². The Morgan fingerprint density at radius 3 is 1.66 bits per heavy atom. The Balaban J connectivity index is -0.000000497. The van der Waals surface area contributed by atoms with Gasteiger partial charge in [0.1, 0.15) is 5.88 Å². The van der Waals surface area contributed by atoms with Gasteiger partial charge in [-0.1, -0.05) is 67.2 Å². The van der Waals surface area contributed by atoms with Crippen LogP contribution >= 0.6 is 86.1 Å². The number of carbonyl (C=O) groups is 1. The van der Waals surface area contributed by atoms with Crippen molar-refractivity contribution in [3.8, 4) is 0 Å². The Hall–Kier alpha value is 1.23. The number of nitrogens with two attached hydrogens (primary N) is 1. The number of benzene rings is 2. The minimum atomic E-state index is -0.113. The van der Waals surface area contributed by atoms with Crippen LogP contribution in [0.4, 0.5) is 0 Å². The number of rotatable bonds is 13. The van der Waals surface area contributed by atoms with Crippen LogP contribution in [-0.2, 0) is 17.6 Å². The van der Waals surface area contributed by atoms with Crippen molar-refractivity contribution >= 4 is 92.0 Å². The van der Waals surface area contributed by atoms with Crippen LogP contribution in [0.5, 0.6) is 0 Å². The normalized spacial score (nSPS) is 9.05. The summed E-state index contributed by atoms with van der Waals surface area (Å²) in [4.78, 5) is 10.8. The Labute approximate surface area is 286 Å². The summed E-state index contributed by atoms with van der Waals surface area (Å²) in [6, 6.07) is 20.4. The van der Waals surface area contributed by atoms with Crippen molar-refractivity contribution in [2.45, 2.75) is 12.8 Å². The fourth-order valence-corrected chi connectivity index (χ4v) is 2.54. The SMILES string of the molecule is C=C(CNCCO)NCCc1ccccc1.II.I[I-]I.NCCO.O=C(CCl)NCCc1ccccc1. The van der Waals surface area contributed by atoms with Crippen LogP contribution in [0.3, 0.4) is 0 Å². The Morgan fingerprint density at radius 1 is 0.868 bits per heavy atom. The van der Waals surface area contributed by atoms with E-state index in [1.165, 1.54) is 11.1 Å². The molecule has 0 spiro atoms. The maximum atomic E-state index is 10.8. The summed E-state index contributed by atoms with van der Waals surface area (Å²) in [5, 5.41) is 25.4. The van der Waals surface area contributed by atoms with Gasteiger partial charge in [0.15, 0.2) is 0 Å². The van der Waals surface area contributed by atoms with Gasteiger partial charge in [-0.3, -0.25) is 4.79 Å². The summed E-state index contributed by atoms with van der Waals surface area (Å²) in [5.41, 5.74) is 8.29. The monoisotopic (exact) mass is 1110 g/mol. The summed E-state index contributed by atoms with van der Waals surface area (Å²) < 4.78 is 0. The first-order valence-electron chi connectivity index (χ1n) is 11.4. The molecule has 0 unspecified atom stereocenters. The zero-order chi connectivity index (χ0) is 29.3. The minimum absolute atomic E-state index is 0.0365. The number of hydrogen-bond donors (Lipinski definition) is 6. The van der Waals surface area contributed by atoms with Crippen molar-refractivity contribution in [1.82, 2.24) is 16.0 Å². The molecule has 0 heterocycles. The largest absolute Gasteiger partial charge is 0.395 e. The van der Waals surface area contributed by atoms with Crippen LogP contribution in [0.1, 0.15) is 11.1 Å². The van der Waals surface area contributed by atoms with Gasteiger partial charge in [0, 0.05) is 75.7 Å². The Bertz CT molecular complexity index is 752. The zero-order valence-corrected chi connectivity index (χ0v) is 32.7. The van der Waals surface area contributed by atoms with Crippen LogP contribution in [0.15, 0.2) is 72.9 Å². The third-order valence-electron chi connectivity index (χ3n) is 4.09. The molecule has 1 amide bonds. The van der Waals surface area contributed by atoms with Crippen LogP contribution in [-0.4, -0.2) is 67.9 Å². The summed E-state index contributed by atoms with van der Waals surface area (Å²) in [6.45, 7) is 7.39. The molecule has 0 saturated heterocycles. The average molecular weight is 1110 g/mol. The third-order valence-corrected chi connectivity index (χ3v) is 4.33. The van der Waals surface area contributed by atoms with Gasteiger partial charge >= 0.3 is 50.5 Å². The molecule has 2 aromatic carbocycles. The summed E-state index contributed by atoms with van der Waals surface area (Å²) in [7, 11) is 0. The Morgan fingerprint density at radius 2 is 1.29 bits per heavy atom. The number of alkyl halides is 1. The van der Waals surface area contributed by atoms with Crippen molar-refractivity contribution in [2.75, 3.05) is 51.8 Å². The fraction of sp³-hybridized carbons (Fsp3) is 0.400. The summed E-state index contributed by atoms with van der Waals surface area (Å²) in [5.74, 6) is -0.0768. The molecule has 0 aliphatic rings. The minimum Gasteiger partial charge on any atom is -0.395 e. The maximum absolute atomic E-state index is 10.8. The molecule has 7 nitrogen and oxygen atoms in total. The van der Waals surface area contributed by atoms with Crippen molar-refractivity contribution < 1.29 is 28.3 Å². The molecule has 0 radical (unpaired) electrons. The first-order chi connectivity index (χ1) is 18.5. The molecule has 0 aliphatic heterocycles. The number of hydrogen-bond acceptors (Lipinski definition) is 6.